The Morgan fingerprint density at radius 2 is 1.94 bits per heavy atom. The topological polar surface area (TPSA) is 64.6 Å². The molecule has 1 N–H and O–H groups in total. The molecule has 0 aromatic heterocycles. The quantitative estimate of drug-likeness (QED) is 0.625. The average Bonchev–Trinajstić information content (AvgIpc) is 2.20. The molecule has 1 amide bonds. The van der Waals surface area contributed by atoms with E-state index in [0.29, 0.717) is 6.42 Å². The van der Waals surface area contributed by atoms with Crippen LogP contribution in [-0.2, 0) is 14.3 Å². The number of ether oxygens (including phenoxy) is 2. The number of halogens is 1. The van der Waals surface area contributed by atoms with Crippen LogP contribution in [0.4, 0.5) is 4.79 Å². The van der Waals surface area contributed by atoms with Gasteiger partial charge < -0.3 is 14.8 Å². The number of hydrogen-bond acceptors (Lipinski definition) is 4. The van der Waals surface area contributed by atoms with Crippen LogP contribution >= 0.6 is 15.9 Å². The number of nitrogens with one attached hydrogen (secondary N) is 1. The maximum atomic E-state index is 11.5. The van der Waals surface area contributed by atoms with Crippen molar-refractivity contribution in [3.8, 4) is 0 Å². The molecule has 0 radical (unpaired) electrons. The second kappa shape index (κ2) is 7.53. The third-order valence-electron chi connectivity index (χ3n) is 1.80. The van der Waals surface area contributed by atoms with Gasteiger partial charge in [-0.25, -0.2) is 9.59 Å². The van der Waals surface area contributed by atoms with Gasteiger partial charge in [0.1, 0.15) is 11.6 Å². The predicted octanol–water partition coefficient (Wildman–Crippen LogP) is 2.23. The number of alkyl halides is 1. The molecule has 1 unspecified atom stereocenters. The third kappa shape index (κ3) is 8.01. The summed E-state index contributed by atoms with van der Waals surface area (Å²) in [6.07, 6.45) is 0.662. The van der Waals surface area contributed by atoms with Crippen molar-refractivity contribution in [1.29, 1.82) is 0 Å². The fourth-order valence-corrected chi connectivity index (χ4v) is 1.45. The second-order valence-corrected chi connectivity index (χ2v) is 5.35. The first-order chi connectivity index (χ1) is 7.80. The van der Waals surface area contributed by atoms with Crippen LogP contribution in [0.5, 0.6) is 0 Å². The van der Waals surface area contributed by atoms with Crippen molar-refractivity contribution < 1.29 is 19.1 Å². The minimum absolute atomic E-state index is 0.461. The average molecular weight is 310 g/mol. The minimum atomic E-state index is -0.660. The largest absolute Gasteiger partial charge is 0.467 e. The Morgan fingerprint density at radius 1 is 1.35 bits per heavy atom. The summed E-state index contributed by atoms with van der Waals surface area (Å²) in [6, 6.07) is -0.660. The normalized spacial score (nSPS) is 12.8. The lowest BCUT2D eigenvalue weighted by molar-refractivity contribution is -0.143. The van der Waals surface area contributed by atoms with Crippen molar-refractivity contribution in [3.05, 3.63) is 0 Å². The second-order valence-electron chi connectivity index (χ2n) is 4.55. The van der Waals surface area contributed by atoms with E-state index in [1.165, 1.54) is 7.11 Å². The molecule has 17 heavy (non-hydrogen) atoms. The van der Waals surface area contributed by atoms with E-state index in [1.54, 1.807) is 20.8 Å². The minimum Gasteiger partial charge on any atom is -0.467 e. The Bertz CT molecular complexity index is 263. The van der Waals surface area contributed by atoms with Gasteiger partial charge in [0.25, 0.3) is 0 Å². The fraction of sp³-hybridized carbons (Fsp3) is 0.818. The van der Waals surface area contributed by atoms with Crippen LogP contribution < -0.4 is 5.32 Å². The van der Waals surface area contributed by atoms with E-state index in [1.807, 2.05) is 0 Å². The van der Waals surface area contributed by atoms with Gasteiger partial charge in [-0.2, -0.15) is 0 Å². The molecule has 0 aliphatic carbocycles. The summed E-state index contributed by atoms with van der Waals surface area (Å²) >= 11 is 3.27. The maximum absolute atomic E-state index is 11.5. The maximum Gasteiger partial charge on any atom is 0.408 e. The molecule has 0 saturated heterocycles. The first-order valence-corrected chi connectivity index (χ1v) is 6.55. The molecule has 0 rings (SSSR count). The lowest BCUT2D eigenvalue weighted by atomic mass is 10.1. The number of carbonyl (C=O) groups excluding carboxylic acids is 2. The SMILES string of the molecule is COC(=O)C(CCCBr)NC(=O)OC(C)(C)C. The summed E-state index contributed by atoms with van der Waals surface area (Å²) in [7, 11) is 1.29. The highest BCUT2D eigenvalue weighted by atomic mass is 79.9. The summed E-state index contributed by atoms with van der Waals surface area (Å²) in [4.78, 5) is 22.9. The molecule has 6 heteroatoms. The van der Waals surface area contributed by atoms with Gasteiger partial charge in [-0.3, -0.25) is 0 Å². The molecule has 0 aliphatic heterocycles. The first-order valence-electron chi connectivity index (χ1n) is 5.43. The number of rotatable bonds is 5. The Hall–Kier alpha value is -0.780. The van der Waals surface area contributed by atoms with Crippen LogP contribution in [0, 0.1) is 0 Å². The lowest BCUT2D eigenvalue weighted by Gasteiger charge is -2.22. The number of amides is 1. The monoisotopic (exact) mass is 309 g/mol. The molecule has 0 fully saturated rings. The Kier molecular flexibility index (Phi) is 7.18. The number of alkyl carbamates (subject to hydrolysis) is 1. The molecule has 0 aromatic rings. The summed E-state index contributed by atoms with van der Waals surface area (Å²) < 4.78 is 9.69. The highest BCUT2D eigenvalue weighted by Crippen LogP contribution is 2.08. The van der Waals surface area contributed by atoms with Crippen LogP contribution in [0.1, 0.15) is 33.6 Å². The van der Waals surface area contributed by atoms with Gasteiger partial charge in [-0.1, -0.05) is 15.9 Å². The predicted molar refractivity (Wildman–Crippen MR) is 68.2 cm³/mol. The molecule has 0 bridgehead atoms. The molecule has 100 valence electrons. The Morgan fingerprint density at radius 3 is 2.35 bits per heavy atom. The van der Waals surface area contributed by atoms with Crippen molar-refractivity contribution in [1.82, 2.24) is 5.32 Å². The first kappa shape index (κ1) is 16.2. The summed E-state index contributed by atoms with van der Waals surface area (Å²) in [6.45, 7) is 5.29. The standard InChI is InChI=1S/C11H20BrNO4/c1-11(2,3)17-10(15)13-8(6-5-7-12)9(14)16-4/h8H,5-7H2,1-4H3,(H,13,15). The number of hydrogen-bond donors (Lipinski definition) is 1. The van der Waals surface area contributed by atoms with E-state index in [-0.39, 0.29) is 0 Å². The van der Waals surface area contributed by atoms with Gasteiger partial charge in [0.2, 0.25) is 0 Å². The van der Waals surface area contributed by atoms with Gasteiger partial charge in [0.15, 0.2) is 0 Å². The van der Waals surface area contributed by atoms with E-state index < -0.39 is 23.7 Å². The van der Waals surface area contributed by atoms with E-state index >= 15 is 0 Å². The van der Waals surface area contributed by atoms with Gasteiger partial charge in [0, 0.05) is 5.33 Å². The summed E-state index contributed by atoms with van der Waals surface area (Å²) in [5, 5.41) is 3.26. The van der Waals surface area contributed by atoms with Gasteiger partial charge in [-0.15, -0.1) is 0 Å². The van der Waals surface area contributed by atoms with E-state index in [2.05, 4.69) is 26.0 Å². The molecule has 0 saturated carbocycles. The molecule has 0 spiro atoms. The molecule has 1 atom stereocenters. The highest BCUT2D eigenvalue weighted by molar-refractivity contribution is 9.09. The van der Waals surface area contributed by atoms with Crippen LogP contribution in [0.3, 0.4) is 0 Å². The zero-order chi connectivity index (χ0) is 13.5. The van der Waals surface area contributed by atoms with Crippen molar-refractivity contribution in [3.63, 3.8) is 0 Å². The van der Waals surface area contributed by atoms with Gasteiger partial charge in [-0.05, 0) is 33.6 Å². The lowest BCUT2D eigenvalue weighted by Crippen LogP contribution is -2.44. The number of methoxy groups -OCH3 is 1. The van der Waals surface area contributed by atoms with E-state index in [9.17, 15) is 9.59 Å². The number of carbonyl (C=O) groups is 2. The Labute approximate surface area is 110 Å². The molecule has 0 aliphatic rings. The smallest absolute Gasteiger partial charge is 0.408 e. The molecular weight excluding hydrogens is 290 g/mol. The van der Waals surface area contributed by atoms with E-state index in [0.717, 1.165) is 11.8 Å². The third-order valence-corrected chi connectivity index (χ3v) is 2.36. The van der Waals surface area contributed by atoms with Crippen molar-refractivity contribution in [2.24, 2.45) is 0 Å². The summed E-state index contributed by atoms with van der Waals surface area (Å²) in [5.74, 6) is -0.461. The van der Waals surface area contributed by atoms with Crippen molar-refractivity contribution in [2.75, 3.05) is 12.4 Å². The highest BCUT2D eigenvalue weighted by Gasteiger charge is 2.24. The molecule has 5 nitrogen and oxygen atoms in total. The van der Waals surface area contributed by atoms with Crippen LogP contribution in [0.25, 0.3) is 0 Å². The van der Waals surface area contributed by atoms with Crippen LogP contribution in [-0.4, -0.2) is 36.1 Å². The Balaban J connectivity index is 4.32. The summed E-state index contributed by atoms with van der Waals surface area (Å²) in [5.41, 5.74) is -0.583. The van der Waals surface area contributed by atoms with Gasteiger partial charge >= 0.3 is 12.1 Å². The molecule has 0 heterocycles. The van der Waals surface area contributed by atoms with Crippen molar-refractivity contribution >= 4 is 28.0 Å². The van der Waals surface area contributed by atoms with E-state index in [4.69, 9.17) is 4.74 Å². The van der Waals surface area contributed by atoms with Gasteiger partial charge in [0.05, 0.1) is 7.11 Å². The number of esters is 1. The van der Waals surface area contributed by atoms with Crippen molar-refractivity contribution in [2.45, 2.75) is 45.3 Å². The van der Waals surface area contributed by atoms with Crippen LogP contribution in [0.2, 0.25) is 0 Å². The molecular formula is C11H20BrNO4. The van der Waals surface area contributed by atoms with Crippen LogP contribution in [0.15, 0.2) is 0 Å². The zero-order valence-electron chi connectivity index (χ0n) is 10.7. The molecule has 0 aromatic carbocycles. The fourth-order valence-electron chi connectivity index (χ4n) is 1.12. The zero-order valence-corrected chi connectivity index (χ0v) is 12.3.